The van der Waals surface area contributed by atoms with Crippen molar-refractivity contribution in [2.75, 3.05) is 19.6 Å². The van der Waals surface area contributed by atoms with Gasteiger partial charge in [-0.05, 0) is 56.3 Å². The number of nitrogens with one attached hydrogen (secondary N) is 1. The minimum absolute atomic E-state index is 0.286. The lowest BCUT2D eigenvalue weighted by Crippen LogP contribution is -2.43. The minimum atomic E-state index is -0.310. The van der Waals surface area contributed by atoms with Crippen molar-refractivity contribution in [3.05, 3.63) is 34.6 Å². The average Bonchev–Trinajstić information content (AvgIpc) is 2.98. The summed E-state index contributed by atoms with van der Waals surface area (Å²) in [7, 11) is 0. The molecule has 2 fully saturated rings. The second kappa shape index (κ2) is 6.42. The normalized spacial score (nSPS) is 27.9. The Kier molecular flexibility index (Phi) is 4.59. The van der Waals surface area contributed by atoms with Crippen LogP contribution < -0.4 is 5.32 Å². The molecule has 0 amide bonds. The van der Waals surface area contributed by atoms with E-state index in [-0.39, 0.29) is 10.8 Å². The smallest absolute Gasteiger partial charge is 0.142 e. The number of nitrogens with zero attached hydrogens (tertiary/aromatic N) is 1. The predicted octanol–water partition coefficient (Wildman–Crippen LogP) is 3.44. The van der Waals surface area contributed by atoms with Crippen LogP contribution in [0.4, 0.5) is 4.39 Å². The van der Waals surface area contributed by atoms with Gasteiger partial charge in [-0.15, -0.1) is 0 Å². The van der Waals surface area contributed by atoms with E-state index in [9.17, 15) is 4.39 Å². The Bertz CT molecular complexity index is 460. The third kappa shape index (κ3) is 3.16. The monoisotopic (exact) mass is 296 g/mol. The molecule has 2 atom stereocenters. The van der Waals surface area contributed by atoms with Crippen molar-refractivity contribution in [1.82, 2.24) is 10.2 Å². The van der Waals surface area contributed by atoms with E-state index >= 15 is 0 Å². The highest BCUT2D eigenvalue weighted by Crippen LogP contribution is 2.27. The Balaban J connectivity index is 1.63. The molecule has 0 saturated carbocycles. The Morgan fingerprint density at radius 1 is 1.30 bits per heavy atom. The minimum Gasteiger partial charge on any atom is -0.314 e. The van der Waals surface area contributed by atoms with Gasteiger partial charge in [0.15, 0.2) is 0 Å². The van der Waals surface area contributed by atoms with Crippen LogP contribution in [0.3, 0.4) is 0 Å². The molecule has 2 aliphatic heterocycles. The molecule has 4 heteroatoms. The van der Waals surface area contributed by atoms with Crippen LogP contribution in [0.5, 0.6) is 0 Å². The van der Waals surface area contributed by atoms with E-state index in [0.29, 0.717) is 6.04 Å². The highest BCUT2D eigenvalue weighted by atomic mass is 35.5. The molecule has 20 heavy (non-hydrogen) atoms. The second-order valence-corrected chi connectivity index (χ2v) is 6.43. The molecule has 2 nitrogen and oxygen atoms in total. The number of halogens is 2. The molecule has 2 heterocycles. The van der Waals surface area contributed by atoms with Crippen LogP contribution in [0.15, 0.2) is 18.2 Å². The summed E-state index contributed by atoms with van der Waals surface area (Å²) in [5.74, 6) is 0.425. The quantitative estimate of drug-likeness (QED) is 0.919. The first-order valence-corrected chi connectivity index (χ1v) is 8.00. The Morgan fingerprint density at radius 3 is 3.00 bits per heavy atom. The van der Waals surface area contributed by atoms with Gasteiger partial charge < -0.3 is 5.32 Å². The number of likely N-dealkylation sites (tertiary alicyclic amines) is 1. The fourth-order valence-electron chi connectivity index (χ4n) is 3.59. The van der Waals surface area contributed by atoms with E-state index < -0.39 is 0 Å². The summed E-state index contributed by atoms with van der Waals surface area (Å²) in [6, 6.07) is 5.79. The third-order valence-corrected chi connectivity index (χ3v) is 5.06. The molecular weight excluding hydrogens is 275 g/mol. The molecule has 2 unspecified atom stereocenters. The number of rotatable bonds is 3. The van der Waals surface area contributed by atoms with Crippen LogP contribution in [0.25, 0.3) is 0 Å². The van der Waals surface area contributed by atoms with Crippen molar-refractivity contribution >= 4 is 11.6 Å². The van der Waals surface area contributed by atoms with E-state index in [4.69, 9.17) is 11.6 Å². The zero-order valence-electron chi connectivity index (χ0n) is 11.7. The molecule has 3 rings (SSSR count). The van der Waals surface area contributed by atoms with Gasteiger partial charge in [0.05, 0.1) is 5.02 Å². The molecule has 0 bridgehead atoms. The van der Waals surface area contributed by atoms with Gasteiger partial charge in [-0.25, -0.2) is 4.39 Å². The maximum absolute atomic E-state index is 13.5. The van der Waals surface area contributed by atoms with Crippen molar-refractivity contribution in [2.45, 2.75) is 38.3 Å². The van der Waals surface area contributed by atoms with Crippen molar-refractivity contribution < 1.29 is 4.39 Å². The SMILES string of the molecule is Fc1cccc(CN2CCCC(C3CCCN3)C2)c1Cl. The van der Waals surface area contributed by atoms with Crippen molar-refractivity contribution in [3.8, 4) is 0 Å². The lowest BCUT2D eigenvalue weighted by atomic mass is 9.89. The van der Waals surface area contributed by atoms with Crippen molar-refractivity contribution in [2.24, 2.45) is 5.92 Å². The summed E-state index contributed by atoms with van der Waals surface area (Å²) >= 11 is 6.06. The van der Waals surface area contributed by atoms with Gasteiger partial charge in [0.25, 0.3) is 0 Å². The standard InChI is InChI=1S/C16H22ClFN2/c17-16-13(4-1-6-14(16)18)11-20-9-3-5-12(10-20)15-7-2-8-19-15/h1,4,6,12,15,19H,2-3,5,7-11H2. The molecule has 1 N–H and O–H groups in total. The van der Waals surface area contributed by atoms with Crippen LogP contribution >= 0.6 is 11.6 Å². The number of benzene rings is 1. The second-order valence-electron chi connectivity index (χ2n) is 6.05. The van der Waals surface area contributed by atoms with E-state index in [1.54, 1.807) is 6.07 Å². The van der Waals surface area contributed by atoms with E-state index in [1.807, 2.05) is 6.07 Å². The average molecular weight is 297 g/mol. The molecule has 2 aliphatic rings. The van der Waals surface area contributed by atoms with Gasteiger partial charge in [-0.1, -0.05) is 23.7 Å². The van der Waals surface area contributed by atoms with E-state index in [2.05, 4.69) is 10.2 Å². The summed E-state index contributed by atoms with van der Waals surface area (Å²) in [4.78, 5) is 2.43. The fourth-order valence-corrected chi connectivity index (χ4v) is 3.77. The highest BCUT2D eigenvalue weighted by Gasteiger charge is 2.29. The maximum atomic E-state index is 13.5. The first-order chi connectivity index (χ1) is 9.74. The van der Waals surface area contributed by atoms with Crippen LogP contribution in [-0.4, -0.2) is 30.6 Å². The van der Waals surface area contributed by atoms with E-state index in [0.717, 1.165) is 37.7 Å². The lowest BCUT2D eigenvalue weighted by molar-refractivity contribution is 0.145. The summed E-state index contributed by atoms with van der Waals surface area (Å²) in [5.41, 5.74) is 0.909. The molecule has 1 aromatic carbocycles. The summed E-state index contributed by atoms with van der Waals surface area (Å²) in [6.07, 6.45) is 5.15. The Labute approximate surface area is 125 Å². The number of hydrogen-bond donors (Lipinski definition) is 1. The first kappa shape index (κ1) is 14.3. The van der Waals surface area contributed by atoms with Gasteiger partial charge in [-0.3, -0.25) is 4.90 Å². The molecule has 2 saturated heterocycles. The van der Waals surface area contributed by atoms with Crippen LogP contribution in [0.2, 0.25) is 5.02 Å². The molecule has 0 aromatic heterocycles. The number of hydrogen-bond acceptors (Lipinski definition) is 2. The maximum Gasteiger partial charge on any atom is 0.142 e. The summed E-state index contributed by atoms with van der Waals surface area (Å²) < 4.78 is 13.5. The molecule has 0 spiro atoms. The molecule has 0 radical (unpaired) electrons. The fraction of sp³-hybridized carbons (Fsp3) is 0.625. The first-order valence-electron chi connectivity index (χ1n) is 7.62. The highest BCUT2D eigenvalue weighted by molar-refractivity contribution is 6.31. The molecule has 110 valence electrons. The predicted molar refractivity (Wildman–Crippen MR) is 80.4 cm³/mol. The molecule has 1 aromatic rings. The zero-order valence-corrected chi connectivity index (χ0v) is 12.5. The van der Waals surface area contributed by atoms with Gasteiger partial charge >= 0.3 is 0 Å². The van der Waals surface area contributed by atoms with Crippen LogP contribution in [-0.2, 0) is 6.54 Å². The topological polar surface area (TPSA) is 15.3 Å². The van der Waals surface area contributed by atoms with Gasteiger partial charge in [-0.2, -0.15) is 0 Å². The van der Waals surface area contributed by atoms with Gasteiger partial charge in [0.2, 0.25) is 0 Å². The Morgan fingerprint density at radius 2 is 2.20 bits per heavy atom. The van der Waals surface area contributed by atoms with Gasteiger partial charge in [0.1, 0.15) is 5.82 Å². The summed E-state index contributed by atoms with van der Waals surface area (Å²) in [6.45, 7) is 4.12. The van der Waals surface area contributed by atoms with Gasteiger partial charge in [0, 0.05) is 19.1 Å². The molecule has 0 aliphatic carbocycles. The molecular formula is C16H22ClFN2. The summed E-state index contributed by atoms with van der Waals surface area (Å²) in [5, 5.41) is 3.90. The van der Waals surface area contributed by atoms with Crippen molar-refractivity contribution in [1.29, 1.82) is 0 Å². The zero-order chi connectivity index (χ0) is 13.9. The number of piperidine rings is 1. The Hall–Kier alpha value is -0.640. The third-order valence-electron chi connectivity index (χ3n) is 4.63. The largest absolute Gasteiger partial charge is 0.314 e. The van der Waals surface area contributed by atoms with Crippen LogP contribution in [0, 0.1) is 11.7 Å². The van der Waals surface area contributed by atoms with E-state index in [1.165, 1.54) is 31.7 Å². The van der Waals surface area contributed by atoms with Crippen molar-refractivity contribution in [3.63, 3.8) is 0 Å². The van der Waals surface area contributed by atoms with Crippen LogP contribution in [0.1, 0.15) is 31.2 Å². The lowest BCUT2D eigenvalue weighted by Gasteiger charge is -2.36.